The monoisotopic (exact) mass is 262 g/mol. The van der Waals surface area contributed by atoms with Crippen LogP contribution in [0.1, 0.15) is 32.3 Å². The highest BCUT2D eigenvalue weighted by atomic mass is 16.3. The smallest absolute Gasteiger partial charge is 0.0994 e. The van der Waals surface area contributed by atoms with Gasteiger partial charge in [-0.1, -0.05) is 30.3 Å². The van der Waals surface area contributed by atoms with Crippen molar-refractivity contribution in [2.75, 3.05) is 19.6 Å². The van der Waals surface area contributed by atoms with Crippen molar-refractivity contribution < 1.29 is 5.11 Å². The first kappa shape index (κ1) is 14.5. The standard InChI is InChI=1S/C16H26N2O/c1-13(17)14-8-10-18(11-9-14)12-16(2,19)15-6-4-3-5-7-15/h3-7,13-14,19H,8-12,17H2,1-2H3. The Labute approximate surface area is 116 Å². The molecule has 0 amide bonds. The quantitative estimate of drug-likeness (QED) is 0.872. The maximum atomic E-state index is 10.6. The molecule has 0 aliphatic carbocycles. The van der Waals surface area contributed by atoms with Gasteiger partial charge in [0, 0.05) is 12.6 Å². The lowest BCUT2D eigenvalue weighted by Crippen LogP contribution is -2.45. The zero-order valence-corrected chi connectivity index (χ0v) is 12.0. The van der Waals surface area contributed by atoms with E-state index < -0.39 is 5.60 Å². The van der Waals surface area contributed by atoms with Crippen molar-refractivity contribution >= 4 is 0 Å². The number of nitrogens with zero attached hydrogens (tertiary/aromatic N) is 1. The Kier molecular flexibility index (Phi) is 4.61. The Balaban J connectivity index is 1.92. The maximum Gasteiger partial charge on any atom is 0.0994 e. The number of rotatable bonds is 4. The van der Waals surface area contributed by atoms with Gasteiger partial charge in [0.2, 0.25) is 0 Å². The molecule has 3 nitrogen and oxygen atoms in total. The third-order valence-corrected chi connectivity index (χ3v) is 4.30. The Morgan fingerprint density at radius 3 is 2.42 bits per heavy atom. The third-order valence-electron chi connectivity index (χ3n) is 4.30. The molecular formula is C16H26N2O. The molecule has 2 unspecified atom stereocenters. The molecule has 0 bridgehead atoms. The van der Waals surface area contributed by atoms with Gasteiger partial charge in [0.15, 0.2) is 0 Å². The number of piperidine rings is 1. The summed E-state index contributed by atoms with van der Waals surface area (Å²) in [5.41, 5.74) is 6.18. The fourth-order valence-electron chi connectivity index (χ4n) is 2.96. The van der Waals surface area contributed by atoms with E-state index in [9.17, 15) is 5.11 Å². The van der Waals surface area contributed by atoms with E-state index in [0.29, 0.717) is 12.5 Å². The highest BCUT2D eigenvalue weighted by Crippen LogP contribution is 2.25. The summed E-state index contributed by atoms with van der Waals surface area (Å²) < 4.78 is 0. The summed E-state index contributed by atoms with van der Waals surface area (Å²) in [6.07, 6.45) is 2.28. The van der Waals surface area contributed by atoms with Crippen molar-refractivity contribution in [1.82, 2.24) is 4.90 Å². The highest BCUT2D eigenvalue weighted by Gasteiger charge is 2.29. The Morgan fingerprint density at radius 1 is 1.32 bits per heavy atom. The summed E-state index contributed by atoms with van der Waals surface area (Å²) >= 11 is 0. The molecule has 3 heteroatoms. The first-order valence-corrected chi connectivity index (χ1v) is 7.25. The molecule has 1 aromatic rings. The molecule has 1 heterocycles. The van der Waals surface area contributed by atoms with Crippen molar-refractivity contribution in [3.63, 3.8) is 0 Å². The van der Waals surface area contributed by atoms with E-state index in [-0.39, 0.29) is 6.04 Å². The third kappa shape index (κ3) is 3.78. The molecule has 2 rings (SSSR count). The summed E-state index contributed by atoms with van der Waals surface area (Å²) in [5, 5.41) is 10.6. The van der Waals surface area contributed by atoms with Crippen molar-refractivity contribution in [3.05, 3.63) is 35.9 Å². The molecule has 3 N–H and O–H groups in total. The first-order chi connectivity index (χ1) is 8.99. The van der Waals surface area contributed by atoms with Gasteiger partial charge in [0.05, 0.1) is 5.60 Å². The van der Waals surface area contributed by atoms with Gasteiger partial charge < -0.3 is 15.7 Å². The van der Waals surface area contributed by atoms with Gasteiger partial charge >= 0.3 is 0 Å². The molecule has 19 heavy (non-hydrogen) atoms. The van der Waals surface area contributed by atoms with Gasteiger partial charge in [-0.2, -0.15) is 0 Å². The highest BCUT2D eigenvalue weighted by molar-refractivity contribution is 5.21. The Bertz CT molecular complexity index is 381. The van der Waals surface area contributed by atoms with E-state index >= 15 is 0 Å². The minimum atomic E-state index is -0.775. The number of likely N-dealkylation sites (tertiary alicyclic amines) is 1. The van der Waals surface area contributed by atoms with E-state index in [1.165, 1.54) is 0 Å². The second kappa shape index (κ2) is 6.04. The lowest BCUT2D eigenvalue weighted by molar-refractivity contribution is 0.00478. The Morgan fingerprint density at radius 2 is 1.89 bits per heavy atom. The maximum absolute atomic E-state index is 10.6. The topological polar surface area (TPSA) is 49.5 Å². The fourth-order valence-corrected chi connectivity index (χ4v) is 2.96. The summed E-state index contributed by atoms with van der Waals surface area (Å²) in [7, 11) is 0. The molecule has 0 radical (unpaired) electrons. The average Bonchev–Trinajstić information content (AvgIpc) is 2.40. The van der Waals surface area contributed by atoms with Crippen LogP contribution in [0, 0.1) is 5.92 Å². The van der Waals surface area contributed by atoms with Crippen molar-refractivity contribution in [1.29, 1.82) is 0 Å². The number of hydrogen-bond donors (Lipinski definition) is 2. The molecular weight excluding hydrogens is 236 g/mol. The summed E-state index contributed by atoms with van der Waals surface area (Å²) in [6.45, 7) is 6.77. The van der Waals surface area contributed by atoms with Gasteiger partial charge in [0.25, 0.3) is 0 Å². The molecule has 1 saturated heterocycles. The molecule has 1 aliphatic heterocycles. The SMILES string of the molecule is CC(N)C1CCN(CC(C)(O)c2ccccc2)CC1. The normalized spacial score (nSPS) is 22.9. The van der Waals surface area contributed by atoms with E-state index in [1.54, 1.807) is 0 Å². The van der Waals surface area contributed by atoms with E-state index in [4.69, 9.17) is 5.73 Å². The molecule has 0 saturated carbocycles. The number of nitrogens with two attached hydrogens (primary N) is 1. The minimum absolute atomic E-state index is 0.289. The van der Waals surface area contributed by atoms with Crippen molar-refractivity contribution in [2.45, 2.75) is 38.3 Å². The summed E-state index contributed by atoms with van der Waals surface area (Å²) in [4.78, 5) is 2.35. The average molecular weight is 262 g/mol. The minimum Gasteiger partial charge on any atom is -0.384 e. The van der Waals surface area contributed by atoms with Crippen LogP contribution in [0.25, 0.3) is 0 Å². The molecule has 1 fully saturated rings. The molecule has 0 aromatic heterocycles. The Hall–Kier alpha value is -0.900. The van der Waals surface area contributed by atoms with E-state index in [1.807, 2.05) is 37.3 Å². The van der Waals surface area contributed by atoms with Crippen LogP contribution in [0.4, 0.5) is 0 Å². The number of benzene rings is 1. The number of β-amino-alcohol motifs (C(OH)–C–C–N with tert-alkyl or cyclic N) is 1. The van der Waals surface area contributed by atoms with Crippen molar-refractivity contribution in [3.8, 4) is 0 Å². The predicted molar refractivity (Wildman–Crippen MR) is 78.8 cm³/mol. The fraction of sp³-hybridized carbons (Fsp3) is 0.625. The first-order valence-electron chi connectivity index (χ1n) is 7.25. The molecule has 2 atom stereocenters. The zero-order valence-electron chi connectivity index (χ0n) is 12.0. The lowest BCUT2D eigenvalue weighted by Gasteiger charge is -2.37. The van der Waals surface area contributed by atoms with Gasteiger partial charge in [-0.05, 0) is 51.3 Å². The van der Waals surface area contributed by atoms with E-state index in [2.05, 4.69) is 11.8 Å². The van der Waals surface area contributed by atoms with Gasteiger partial charge in [-0.25, -0.2) is 0 Å². The number of hydrogen-bond acceptors (Lipinski definition) is 3. The summed E-state index contributed by atoms with van der Waals surface area (Å²) in [6, 6.07) is 10.2. The van der Waals surface area contributed by atoms with E-state index in [0.717, 1.165) is 31.5 Å². The van der Waals surface area contributed by atoms with Crippen LogP contribution in [0.2, 0.25) is 0 Å². The van der Waals surface area contributed by atoms with Gasteiger partial charge in [0.1, 0.15) is 0 Å². The second-order valence-corrected chi connectivity index (χ2v) is 6.11. The second-order valence-electron chi connectivity index (χ2n) is 6.11. The predicted octanol–water partition coefficient (Wildman–Crippen LogP) is 1.95. The molecule has 1 aromatic carbocycles. The van der Waals surface area contributed by atoms with Crippen molar-refractivity contribution in [2.24, 2.45) is 11.7 Å². The van der Waals surface area contributed by atoms with Crippen LogP contribution in [-0.4, -0.2) is 35.7 Å². The van der Waals surface area contributed by atoms with Gasteiger partial charge in [-0.15, -0.1) is 0 Å². The summed E-state index contributed by atoms with van der Waals surface area (Å²) in [5.74, 6) is 0.637. The van der Waals surface area contributed by atoms with Crippen LogP contribution >= 0.6 is 0 Å². The van der Waals surface area contributed by atoms with Crippen LogP contribution in [0.3, 0.4) is 0 Å². The number of aliphatic hydroxyl groups is 1. The zero-order chi connectivity index (χ0) is 13.9. The lowest BCUT2D eigenvalue weighted by atomic mass is 9.89. The van der Waals surface area contributed by atoms with Crippen LogP contribution < -0.4 is 5.73 Å². The van der Waals surface area contributed by atoms with Crippen LogP contribution in [0.15, 0.2) is 30.3 Å². The molecule has 0 spiro atoms. The molecule has 1 aliphatic rings. The van der Waals surface area contributed by atoms with Crippen LogP contribution in [0.5, 0.6) is 0 Å². The van der Waals surface area contributed by atoms with Gasteiger partial charge in [-0.3, -0.25) is 0 Å². The largest absolute Gasteiger partial charge is 0.384 e. The molecule has 106 valence electrons. The van der Waals surface area contributed by atoms with Crippen LogP contribution in [-0.2, 0) is 5.60 Å².